The molecule has 1 aliphatic rings. The van der Waals surface area contributed by atoms with Crippen LogP contribution in [0.15, 0.2) is 30.3 Å². The molecule has 1 fully saturated rings. The number of nitrogens with one attached hydrogen (secondary N) is 1. The van der Waals surface area contributed by atoms with E-state index in [1.807, 2.05) is 18.2 Å². The molecule has 16 heavy (non-hydrogen) atoms. The van der Waals surface area contributed by atoms with Crippen LogP contribution >= 0.6 is 11.8 Å². The molecule has 0 aliphatic carbocycles. The minimum Gasteiger partial charge on any atom is -0.481 e. The number of carbonyl (C=O) groups is 1. The van der Waals surface area contributed by atoms with Crippen LogP contribution in [-0.2, 0) is 10.5 Å². The van der Waals surface area contributed by atoms with Crippen molar-refractivity contribution in [2.24, 2.45) is 0 Å². The molecule has 0 amide bonds. The summed E-state index contributed by atoms with van der Waals surface area (Å²) < 4.78 is -0.0956. The average Bonchev–Trinajstić information content (AvgIpc) is 2.23. The Morgan fingerprint density at radius 2 is 2.06 bits per heavy atom. The molecule has 0 spiro atoms. The van der Waals surface area contributed by atoms with Gasteiger partial charge in [-0.3, -0.25) is 4.79 Å². The quantitative estimate of drug-likeness (QED) is 0.819. The fraction of sp³-hybridized carbons (Fsp3) is 0.417. The van der Waals surface area contributed by atoms with Crippen LogP contribution in [-0.4, -0.2) is 28.9 Å². The lowest BCUT2D eigenvalue weighted by Crippen LogP contribution is -2.58. The molecule has 0 radical (unpaired) electrons. The molecule has 1 aromatic carbocycles. The van der Waals surface area contributed by atoms with Gasteiger partial charge in [-0.05, 0) is 5.56 Å². The van der Waals surface area contributed by atoms with Crippen molar-refractivity contribution in [2.75, 3.05) is 13.1 Å². The van der Waals surface area contributed by atoms with Gasteiger partial charge in [-0.15, -0.1) is 11.8 Å². The van der Waals surface area contributed by atoms with Crippen LogP contribution in [0.1, 0.15) is 12.0 Å². The van der Waals surface area contributed by atoms with E-state index < -0.39 is 5.97 Å². The topological polar surface area (TPSA) is 49.3 Å². The van der Waals surface area contributed by atoms with Crippen LogP contribution in [0.2, 0.25) is 0 Å². The Labute approximate surface area is 99.2 Å². The van der Waals surface area contributed by atoms with Crippen LogP contribution in [0.25, 0.3) is 0 Å². The molecule has 3 nitrogen and oxygen atoms in total. The number of carboxylic acid groups (broad SMARTS) is 1. The Bertz CT molecular complexity index is 363. The molecule has 1 heterocycles. The molecule has 2 N–H and O–H groups in total. The lowest BCUT2D eigenvalue weighted by molar-refractivity contribution is -0.138. The molecule has 86 valence electrons. The van der Waals surface area contributed by atoms with Gasteiger partial charge < -0.3 is 10.4 Å². The summed E-state index contributed by atoms with van der Waals surface area (Å²) in [7, 11) is 0. The molecule has 0 saturated carbocycles. The van der Waals surface area contributed by atoms with Crippen molar-refractivity contribution in [1.82, 2.24) is 5.32 Å². The smallest absolute Gasteiger partial charge is 0.304 e. The molecule has 1 aromatic rings. The maximum absolute atomic E-state index is 10.8. The average molecular weight is 237 g/mol. The zero-order valence-electron chi connectivity index (χ0n) is 8.98. The maximum atomic E-state index is 10.8. The number of benzene rings is 1. The lowest BCUT2D eigenvalue weighted by Gasteiger charge is -2.41. The van der Waals surface area contributed by atoms with E-state index in [0.717, 1.165) is 18.8 Å². The van der Waals surface area contributed by atoms with Gasteiger partial charge in [0.05, 0.1) is 11.2 Å². The molecule has 2 rings (SSSR count). The second-order valence-electron chi connectivity index (χ2n) is 4.13. The van der Waals surface area contributed by atoms with Gasteiger partial charge in [0.15, 0.2) is 0 Å². The molecule has 0 unspecified atom stereocenters. The normalized spacial score (nSPS) is 17.8. The highest BCUT2D eigenvalue weighted by molar-refractivity contribution is 8.00. The largest absolute Gasteiger partial charge is 0.481 e. The standard InChI is InChI=1S/C12H15NO2S/c14-11(15)6-12(8-13-9-12)16-7-10-4-2-1-3-5-10/h1-5,13H,6-9H2,(H,14,15). The Kier molecular flexibility index (Phi) is 3.51. The number of rotatable bonds is 5. The van der Waals surface area contributed by atoms with Gasteiger partial charge in [-0.1, -0.05) is 30.3 Å². The van der Waals surface area contributed by atoms with Crippen molar-refractivity contribution >= 4 is 17.7 Å². The van der Waals surface area contributed by atoms with Gasteiger partial charge in [0, 0.05) is 18.8 Å². The van der Waals surface area contributed by atoms with E-state index in [9.17, 15) is 4.79 Å². The summed E-state index contributed by atoms with van der Waals surface area (Å²) >= 11 is 1.75. The highest BCUT2D eigenvalue weighted by atomic mass is 32.2. The van der Waals surface area contributed by atoms with Crippen LogP contribution in [0, 0.1) is 0 Å². The number of aliphatic carboxylic acids is 1. The number of carboxylic acids is 1. The van der Waals surface area contributed by atoms with E-state index in [4.69, 9.17) is 5.11 Å². The van der Waals surface area contributed by atoms with Gasteiger partial charge in [0.2, 0.25) is 0 Å². The first-order valence-corrected chi connectivity index (χ1v) is 6.29. The molecule has 4 heteroatoms. The molecule has 1 saturated heterocycles. The SMILES string of the molecule is O=C(O)CC1(SCc2ccccc2)CNC1. The highest BCUT2D eigenvalue weighted by Gasteiger charge is 2.39. The van der Waals surface area contributed by atoms with E-state index >= 15 is 0 Å². The van der Waals surface area contributed by atoms with Crippen molar-refractivity contribution in [3.05, 3.63) is 35.9 Å². The van der Waals surface area contributed by atoms with E-state index in [-0.39, 0.29) is 11.2 Å². The second kappa shape index (κ2) is 4.89. The summed E-state index contributed by atoms with van der Waals surface area (Å²) in [5, 5.41) is 12.0. The van der Waals surface area contributed by atoms with Crippen LogP contribution in [0.3, 0.4) is 0 Å². The Balaban J connectivity index is 1.90. The summed E-state index contributed by atoms with van der Waals surface area (Å²) in [5.74, 6) is 0.178. The minimum absolute atomic E-state index is 0.0956. The summed E-state index contributed by atoms with van der Waals surface area (Å²) in [4.78, 5) is 10.8. The summed E-state index contributed by atoms with van der Waals surface area (Å²) in [6.45, 7) is 1.60. The fourth-order valence-electron chi connectivity index (χ4n) is 1.77. The predicted octanol–water partition coefficient (Wildman–Crippen LogP) is 1.74. The molecular formula is C12H15NO2S. The number of thioether (sulfide) groups is 1. The molecular weight excluding hydrogens is 222 g/mol. The van der Waals surface area contributed by atoms with Crippen LogP contribution < -0.4 is 5.32 Å². The van der Waals surface area contributed by atoms with E-state index in [1.165, 1.54) is 5.56 Å². The van der Waals surface area contributed by atoms with Crippen LogP contribution in [0.5, 0.6) is 0 Å². The zero-order valence-corrected chi connectivity index (χ0v) is 9.80. The Morgan fingerprint density at radius 3 is 2.56 bits per heavy atom. The summed E-state index contributed by atoms with van der Waals surface area (Å²) in [6.07, 6.45) is 0.248. The predicted molar refractivity (Wildman–Crippen MR) is 65.6 cm³/mol. The van der Waals surface area contributed by atoms with Gasteiger partial charge in [0.25, 0.3) is 0 Å². The number of hydrogen-bond donors (Lipinski definition) is 2. The van der Waals surface area contributed by atoms with E-state index in [0.29, 0.717) is 0 Å². The fourth-order valence-corrected chi connectivity index (χ4v) is 3.07. The second-order valence-corrected chi connectivity index (χ2v) is 5.57. The maximum Gasteiger partial charge on any atom is 0.304 e. The third-order valence-corrected chi connectivity index (χ3v) is 4.28. The van der Waals surface area contributed by atoms with Crippen molar-refractivity contribution in [2.45, 2.75) is 16.9 Å². The monoisotopic (exact) mass is 237 g/mol. The van der Waals surface area contributed by atoms with Crippen molar-refractivity contribution in [1.29, 1.82) is 0 Å². The van der Waals surface area contributed by atoms with Crippen LogP contribution in [0.4, 0.5) is 0 Å². The van der Waals surface area contributed by atoms with Crippen molar-refractivity contribution < 1.29 is 9.90 Å². The summed E-state index contributed by atoms with van der Waals surface area (Å²) in [5.41, 5.74) is 1.25. The molecule has 0 aromatic heterocycles. The summed E-state index contributed by atoms with van der Waals surface area (Å²) in [6, 6.07) is 10.2. The first kappa shape index (κ1) is 11.5. The van der Waals surface area contributed by atoms with Gasteiger partial charge in [-0.2, -0.15) is 0 Å². The zero-order chi connectivity index (χ0) is 11.4. The van der Waals surface area contributed by atoms with Gasteiger partial charge in [0.1, 0.15) is 0 Å². The van der Waals surface area contributed by atoms with Gasteiger partial charge in [-0.25, -0.2) is 0 Å². The minimum atomic E-state index is -0.706. The molecule has 0 atom stereocenters. The third-order valence-electron chi connectivity index (χ3n) is 2.76. The Hall–Kier alpha value is -1.00. The lowest BCUT2D eigenvalue weighted by atomic mass is 9.98. The number of hydrogen-bond acceptors (Lipinski definition) is 3. The van der Waals surface area contributed by atoms with Gasteiger partial charge >= 0.3 is 5.97 Å². The highest BCUT2D eigenvalue weighted by Crippen LogP contribution is 2.35. The Morgan fingerprint density at radius 1 is 1.38 bits per heavy atom. The van der Waals surface area contributed by atoms with Crippen molar-refractivity contribution in [3.63, 3.8) is 0 Å². The third kappa shape index (κ3) is 2.77. The van der Waals surface area contributed by atoms with E-state index in [1.54, 1.807) is 11.8 Å². The van der Waals surface area contributed by atoms with Crippen molar-refractivity contribution in [3.8, 4) is 0 Å². The first-order valence-electron chi connectivity index (χ1n) is 5.31. The van der Waals surface area contributed by atoms with E-state index in [2.05, 4.69) is 17.4 Å². The first-order chi connectivity index (χ1) is 7.70. The molecule has 1 aliphatic heterocycles. The molecule has 0 bridgehead atoms.